The van der Waals surface area contributed by atoms with Gasteiger partial charge in [-0.3, -0.25) is 0 Å². The number of rotatable bonds is 5. The number of nitrogens with one attached hydrogen (secondary N) is 1. The average Bonchev–Trinajstić information content (AvgIpc) is 2.40. The fraction of sp³-hybridized carbons (Fsp3) is 0.267. The van der Waals surface area contributed by atoms with Crippen LogP contribution in [0.4, 0.5) is 4.39 Å². The van der Waals surface area contributed by atoms with E-state index in [-0.39, 0.29) is 5.82 Å². The molecule has 0 unspecified atom stereocenters. The van der Waals surface area contributed by atoms with E-state index in [1.807, 2.05) is 44.2 Å². The molecule has 1 aromatic carbocycles. The van der Waals surface area contributed by atoms with Crippen LogP contribution in [0.25, 0.3) is 0 Å². The molecular formula is C15H17FN2O. The minimum Gasteiger partial charge on any atom is -0.439 e. The summed E-state index contributed by atoms with van der Waals surface area (Å²) in [6.07, 6.45) is 1.16. The molecule has 0 aliphatic carbocycles. The molecule has 0 aliphatic rings. The fourth-order valence-electron chi connectivity index (χ4n) is 1.60. The van der Waals surface area contributed by atoms with Crippen LogP contribution in [-0.4, -0.2) is 11.0 Å². The van der Waals surface area contributed by atoms with Gasteiger partial charge in [0.2, 0.25) is 5.88 Å². The first-order chi connectivity index (χ1) is 9.15. The first kappa shape index (κ1) is 13.5. The predicted octanol–water partition coefficient (Wildman–Crippen LogP) is 3.51. The number of ether oxygens (including phenoxy) is 1. The van der Waals surface area contributed by atoms with Crippen molar-refractivity contribution in [3.8, 4) is 11.6 Å². The molecule has 0 spiro atoms. The van der Waals surface area contributed by atoms with E-state index in [9.17, 15) is 4.39 Å². The topological polar surface area (TPSA) is 34.2 Å². The summed E-state index contributed by atoms with van der Waals surface area (Å²) >= 11 is 0. The van der Waals surface area contributed by atoms with E-state index in [4.69, 9.17) is 4.74 Å². The number of pyridine rings is 1. The standard InChI is InChI=1S/C15H17FN2O/c1-11(2)17-9-12-8-13(16)10-18-15(12)19-14-6-4-3-5-7-14/h3-8,10-11,17H,9H2,1-2H3. The molecule has 0 amide bonds. The van der Waals surface area contributed by atoms with Crippen LogP contribution in [0.5, 0.6) is 11.6 Å². The maximum Gasteiger partial charge on any atom is 0.223 e. The summed E-state index contributed by atoms with van der Waals surface area (Å²) in [4.78, 5) is 4.01. The highest BCUT2D eigenvalue weighted by Crippen LogP contribution is 2.23. The maximum absolute atomic E-state index is 13.3. The van der Waals surface area contributed by atoms with E-state index < -0.39 is 0 Å². The summed E-state index contributed by atoms with van der Waals surface area (Å²) in [6, 6.07) is 11.1. The Labute approximate surface area is 112 Å². The van der Waals surface area contributed by atoms with Crippen molar-refractivity contribution in [2.45, 2.75) is 26.4 Å². The van der Waals surface area contributed by atoms with Crippen molar-refractivity contribution >= 4 is 0 Å². The molecule has 3 nitrogen and oxygen atoms in total. The van der Waals surface area contributed by atoms with E-state index in [1.165, 1.54) is 6.07 Å². The number of halogens is 1. The van der Waals surface area contributed by atoms with Crippen LogP contribution >= 0.6 is 0 Å². The van der Waals surface area contributed by atoms with Gasteiger partial charge in [0.1, 0.15) is 11.6 Å². The SMILES string of the molecule is CC(C)NCc1cc(F)cnc1Oc1ccccc1. The van der Waals surface area contributed by atoms with E-state index in [0.717, 1.165) is 6.20 Å². The minimum absolute atomic E-state index is 0.313. The number of nitrogens with zero attached hydrogens (tertiary/aromatic N) is 1. The smallest absolute Gasteiger partial charge is 0.223 e. The average molecular weight is 260 g/mol. The Morgan fingerprint density at radius 3 is 2.68 bits per heavy atom. The first-order valence-corrected chi connectivity index (χ1v) is 6.26. The van der Waals surface area contributed by atoms with Gasteiger partial charge in [-0.2, -0.15) is 0 Å². The molecule has 100 valence electrons. The summed E-state index contributed by atoms with van der Waals surface area (Å²) in [5.74, 6) is 0.758. The largest absolute Gasteiger partial charge is 0.439 e. The fourth-order valence-corrected chi connectivity index (χ4v) is 1.60. The highest BCUT2D eigenvalue weighted by molar-refractivity contribution is 5.32. The monoisotopic (exact) mass is 260 g/mol. The van der Waals surface area contributed by atoms with Gasteiger partial charge >= 0.3 is 0 Å². The molecule has 1 heterocycles. The zero-order valence-corrected chi connectivity index (χ0v) is 11.1. The molecule has 19 heavy (non-hydrogen) atoms. The molecule has 0 saturated heterocycles. The zero-order chi connectivity index (χ0) is 13.7. The van der Waals surface area contributed by atoms with Gasteiger partial charge in [-0.15, -0.1) is 0 Å². The maximum atomic E-state index is 13.3. The molecular weight excluding hydrogens is 243 g/mol. The third-order valence-electron chi connectivity index (χ3n) is 2.55. The van der Waals surface area contributed by atoms with Crippen LogP contribution in [0.15, 0.2) is 42.6 Å². The first-order valence-electron chi connectivity index (χ1n) is 6.26. The Hall–Kier alpha value is -1.94. The third kappa shape index (κ3) is 4.03. The van der Waals surface area contributed by atoms with Gasteiger partial charge in [-0.05, 0) is 18.2 Å². The van der Waals surface area contributed by atoms with Gasteiger partial charge < -0.3 is 10.1 Å². The quantitative estimate of drug-likeness (QED) is 0.893. The van der Waals surface area contributed by atoms with Crippen LogP contribution in [0.2, 0.25) is 0 Å². The summed E-state index contributed by atoms with van der Waals surface area (Å²) in [6.45, 7) is 4.58. The van der Waals surface area contributed by atoms with Crippen LogP contribution in [0.1, 0.15) is 19.4 Å². The normalized spacial score (nSPS) is 10.7. The van der Waals surface area contributed by atoms with Crippen LogP contribution in [0, 0.1) is 5.82 Å². The highest BCUT2D eigenvalue weighted by atomic mass is 19.1. The molecule has 1 N–H and O–H groups in total. The minimum atomic E-state index is -0.360. The Morgan fingerprint density at radius 1 is 1.26 bits per heavy atom. The number of aromatic nitrogens is 1. The lowest BCUT2D eigenvalue weighted by atomic mass is 10.2. The Morgan fingerprint density at radius 2 is 2.00 bits per heavy atom. The van der Waals surface area contributed by atoms with E-state index >= 15 is 0 Å². The molecule has 0 atom stereocenters. The lowest BCUT2D eigenvalue weighted by Gasteiger charge is -2.12. The molecule has 4 heteroatoms. The zero-order valence-electron chi connectivity index (χ0n) is 11.1. The Kier molecular flexibility index (Phi) is 4.47. The predicted molar refractivity (Wildman–Crippen MR) is 72.7 cm³/mol. The van der Waals surface area contributed by atoms with Gasteiger partial charge in [0.25, 0.3) is 0 Å². The van der Waals surface area contributed by atoms with Crippen molar-refractivity contribution in [3.63, 3.8) is 0 Å². The highest BCUT2D eigenvalue weighted by Gasteiger charge is 2.09. The van der Waals surface area contributed by atoms with Gasteiger partial charge in [-0.1, -0.05) is 32.0 Å². The van der Waals surface area contributed by atoms with Crippen LogP contribution in [0.3, 0.4) is 0 Å². The molecule has 2 rings (SSSR count). The molecule has 0 radical (unpaired) electrons. The van der Waals surface area contributed by atoms with Gasteiger partial charge in [0, 0.05) is 18.2 Å². The van der Waals surface area contributed by atoms with Crippen molar-refractivity contribution < 1.29 is 9.13 Å². The summed E-state index contributed by atoms with van der Waals surface area (Å²) < 4.78 is 18.9. The Bertz CT molecular complexity index is 529. The molecule has 0 saturated carbocycles. The van der Waals surface area contributed by atoms with E-state index in [0.29, 0.717) is 29.8 Å². The molecule has 0 fully saturated rings. The second-order valence-electron chi connectivity index (χ2n) is 4.57. The summed E-state index contributed by atoms with van der Waals surface area (Å²) in [5, 5.41) is 3.23. The second kappa shape index (κ2) is 6.29. The van der Waals surface area contributed by atoms with Crippen molar-refractivity contribution in [2.75, 3.05) is 0 Å². The van der Waals surface area contributed by atoms with Gasteiger partial charge in [-0.25, -0.2) is 9.37 Å². The lowest BCUT2D eigenvalue weighted by molar-refractivity contribution is 0.445. The van der Waals surface area contributed by atoms with E-state index in [2.05, 4.69) is 10.3 Å². The van der Waals surface area contributed by atoms with Crippen molar-refractivity contribution in [1.82, 2.24) is 10.3 Å². The third-order valence-corrected chi connectivity index (χ3v) is 2.55. The number of hydrogen-bond donors (Lipinski definition) is 1. The van der Waals surface area contributed by atoms with Crippen molar-refractivity contribution in [3.05, 3.63) is 54.0 Å². The summed E-state index contributed by atoms with van der Waals surface area (Å²) in [7, 11) is 0. The molecule has 0 bridgehead atoms. The number of benzene rings is 1. The van der Waals surface area contributed by atoms with Crippen molar-refractivity contribution in [1.29, 1.82) is 0 Å². The molecule has 2 aromatic rings. The molecule has 1 aromatic heterocycles. The van der Waals surface area contributed by atoms with E-state index in [1.54, 1.807) is 0 Å². The number of para-hydroxylation sites is 1. The van der Waals surface area contributed by atoms with Crippen LogP contribution in [-0.2, 0) is 6.54 Å². The van der Waals surface area contributed by atoms with Gasteiger partial charge in [0.05, 0.1) is 6.20 Å². The second-order valence-corrected chi connectivity index (χ2v) is 4.57. The lowest BCUT2D eigenvalue weighted by Crippen LogP contribution is -2.22. The van der Waals surface area contributed by atoms with Crippen LogP contribution < -0.4 is 10.1 Å². The van der Waals surface area contributed by atoms with Crippen molar-refractivity contribution in [2.24, 2.45) is 0 Å². The molecule has 0 aliphatic heterocycles. The summed E-state index contributed by atoms with van der Waals surface area (Å²) in [5.41, 5.74) is 0.706. The Balaban J connectivity index is 2.19. The van der Waals surface area contributed by atoms with Gasteiger partial charge in [0.15, 0.2) is 0 Å². The number of hydrogen-bond acceptors (Lipinski definition) is 3.